The summed E-state index contributed by atoms with van der Waals surface area (Å²) in [7, 11) is 0. The Labute approximate surface area is 115 Å². The van der Waals surface area contributed by atoms with E-state index < -0.39 is 0 Å². The summed E-state index contributed by atoms with van der Waals surface area (Å²) >= 11 is 0. The van der Waals surface area contributed by atoms with Crippen LogP contribution < -0.4 is 5.32 Å². The number of nitrogens with one attached hydrogen (secondary N) is 2. The molecule has 1 aliphatic rings. The van der Waals surface area contributed by atoms with E-state index in [1.807, 2.05) is 0 Å². The lowest BCUT2D eigenvalue weighted by Gasteiger charge is -2.26. The first-order valence-corrected chi connectivity index (χ1v) is 7.16. The minimum Gasteiger partial charge on any atom is -0.357 e. The molecule has 1 aliphatic heterocycles. The van der Waals surface area contributed by atoms with E-state index in [0.29, 0.717) is 0 Å². The number of aromatic amines is 1. The number of H-pyrrole nitrogens is 1. The zero-order valence-electron chi connectivity index (χ0n) is 12.1. The van der Waals surface area contributed by atoms with Crippen molar-refractivity contribution in [3.05, 3.63) is 34.5 Å². The highest BCUT2D eigenvalue weighted by Gasteiger charge is 2.15. The van der Waals surface area contributed by atoms with Crippen LogP contribution in [-0.4, -0.2) is 36.1 Å². The first kappa shape index (κ1) is 12.7. The zero-order valence-corrected chi connectivity index (χ0v) is 12.1. The summed E-state index contributed by atoms with van der Waals surface area (Å²) < 4.78 is 0. The van der Waals surface area contributed by atoms with Crippen LogP contribution in [0.25, 0.3) is 10.9 Å². The Morgan fingerprint density at radius 1 is 1.11 bits per heavy atom. The summed E-state index contributed by atoms with van der Waals surface area (Å²) in [5, 5.41) is 4.82. The largest absolute Gasteiger partial charge is 0.357 e. The van der Waals surface area contributed by atoms with Gasteiger partial charge in [-0.3, -0.25) is 4.90 Å². The Balaban J connectivity index is 1.95. The molecule has 0 spiro atoms. The monoisotopic (exact) mass is 257 g/mol. The lowest BCUT2D eigenvalue weighted by molar-refractivity contribution is 0.231. The third kappa shape index (κ3) is 2.40. The lowest BCUT2D eigenvalue weighted by atomic mass is 10.0. The number of nitrogens with zero attached hydrogens (tertiary/aromatic N) is 1. The number of rotatable bonds is 2. The molecule has 1 saturated heterocycles. The summed E-state index contributed by atoms with van der Waals surface area (Å²) in [6.07, 6.45) is 0. The van der Waals surface area contributed by atoms with Crippen molar-refractivity contribution >= 4 is 10.9 Å². The topological polar surface area (TPSA) is 31.1 Å². The molecule has 3 heteroatoms. The minimum atomic E-state index is 1.04. The summed E-state index contributed by atoms with van der Waals surface area (Å²) in [4.78, 5) is 6.15. The standard InChI is InChI=1S/C16H23N3/c1-11-8-12(2)16-13(3)15(18-14(16)9-11)10-19-6-4-17-5-7-19/h8-9,17-18H,4-7,10H2,1-3H3. The Morgan fingerprint density at radius 2 is 1.84 bits per heavy atom. The molecule has 0 aliphatic carbocycles. The van der Waals surface area contributed by atoms with Crippen molar-refractivity contribution in [2.75, 3.05) is 26.2 Å². The first-order chi connectivity index (χ1) is 9.15. The van der Waals surface area contributed by atoms with Crippen molar-refractivity contribution in [2.24, 2.45) is 0 Å². The molecule has 0 bridgehead atoms. The third-order valence-corrected chi connectivity index (χ3v) is 4.18. The second kappa shape index (κ2) is 4.99. The molecule has 2 N–H and O–H groups in total. The number of aromatic nitrogens is 1. The molecule has 0 saturated carbocycles. The molecule has 0 atom stereocenters. The lowest BCUT2D eigenvalue weighted by Crippen LogP contribution is -2.43. The molecule has 3 rings (SSSR count). The minimum absolute atomic E-state index is 1.04. The van der Waals surface area contributed by atoms with E-state index in [9.17, 15) is 0 Å². The summed E-state index contributed by atoms with van der Waals surface area (Å²) in [5.41, 5.74) is 6.81. The summed E-state index contributed by atoms with van der Waals surface area (Å²) in [6, 6.07) is 4.54. The highest BCUT2D eigenvalue weighted by molar-refractivity contribution is 5.88. The Kier molecular flexibility index (Phi) is 3.33. The van der Waals surface area contributed by atoms with Gasteiger partial charge in [-0.05, 0) is 43.5 Å². The maximum Gasteiger partial charge on any atom is 0.0464 e. The molecule has 0 amide bonds. The van der Waals surface area contributed by atoms with Crippen molar-refractivity contribution < 1.29 is 0 Å². The fourth-order valence-electron chi connectivity index (χ4n) is 3.22. The van der Waals surface area contributed by atoms with E-state index >= 15 is 0 Å². The Bertz CT molecular complexity index is 592. The normalized spacial score (nSPS) is 17.2. The van der Waals surface area contributed by atoms with Gasteiger partial charge in [-0.2, -0.15) is 0 Å². The van der Waals surface area contributed by atoms with Crippen molar-refractivity contribution in [1.29, 1.82) is 0 Å². The highest BCUT2D eigenvalue weighted by atomic mass is 15.2. The molecule has 0 unspecified atom stereocenters. The maximum absolute atomic E-state index is 3.63. The molecular formula is C16H23N3. The van der Waals surface area contributed by atoms with E-state index in [0.717, 1.165) is 32.7 Å². The molecule has 2 aromatic rings. The van der Waals surface area contributed by atoms with Crippen LogP contribution in [0.3, 0.4) is 0 Å². The highest BCUT2D eigenvalue weighted by Crippen LogP contribution is 2.27. The first-order valence-electron chi connectivity index (χ1n) is 7.16. The number of hydrogen-bond donors (Lipinski definition) is 2. The fourth-order valence-corrected chi connectivity index (χ4v) is 3.22. The fraction of sp³-hybridized carbons (Fsp3) is 0.500. The van der Waals surface area contributed by atoms with Gasteiger partial charge in [0.05, 0.1) is 0 Å². The van der Waals surface area contributed by atoms with Crippen molar-refractivity contribution in [3.8, 4) is 0 Å². The van der Waals surface area contributed by atoms with Gasteiger partial charge >= 0.3 is 0 Å². The smallest absolute Gasteiger partial charge is 0.0464 e. The second-order valence-corrected chi connectivity index (χ2v) is 5.76. The number of piperazine rings is 1. The summed E-state index contributed by atoms with van der Waals surface area (Å²) in [6.45, 7) is 12.2. The van der Waals surface area contributed by atoms with Crippen molar-refractivity contribution in [3.63, 3.8) is 0 Å². The van der Waals surface area contributed by atoms with Gasteiger partial charge in [-0.25, -0.2) is 0 Å². The molecule has 3 nitrogen and oxygen atoms in total. The van der Waals surface area contributed by atoms with Crippen LogP contribution in [0.15, 0.2) is 12.1 Å². The molecule has 102 valence electrons. The van der Waals surface area contributed by atoms with Gasteiger partial charge in [0.2, 0.25) is 0 Å². The molecule has 1 aromatic heterocycles. The Morgan fingerprint density at radius 3 is 2.58 bits per heavy atom. The Hall–Kier alpha value is -1.32. The van der Waals surface area contributed by atoms with Crippen LogP contribution in [-0.2, 0) is 6.54 Å². The van der Waals surface area contributed by atoms with Crippen LogP contribution in [0.4, 0.5) is 0 Å². The molecule has 1 aromatic carbocycles. The number of fused-ring (bicyclic) bond motifs is 1. The molecule has 19 heavy (non-hydrogen) atoms. The maximum atomic E-state index is 3.63. The average molecular weight is 257 g/mol. The van der Waals surface area contributed by atoms with E-state index in [4.69, 9.17) is 0 Å². The van der Waals surface area contributed by atoms with Gasteiger partial charge < -0.3 is 10.3 Å². The van der Waals surface area contributed by atoms with Gasteiger partial charge in [0, 0.05) is 49.3 Å². The predicted molar refractivity (Wildman–Crippen MR) is 80.7 cm³/mol. The van der Waals surface area contributed by atoms with Crippen molar-refractivity contribution in [2.45, 2.75) is 27.3 Å². The number of benzene rings is 1. The van der Waals surface area contributed by atoms with Crippen molar-refractivity contribution in [1.82, 2.24) is 15.2 Å². The van der Waals surface area contributed by atoms with Crippen LogP contribution in [0.2, 0.25) is 0 Å². The molecule has 2 heterocycles. The molecular weight excluding hydrogens is 234 g/mol. The van der Waals surface area contributed by atoms with Crippen LogP contribution >= 0.6 is 0 Å². The van der Waals surface area contributed by atoms with Crippen LogP contribution in [0.5, 0.6) is 0 Å². The van der Waals surface area contributed by atoms with Gasteiger partial charge in [0.15, 0.2) is 0 Å². The van der Waals surface area contributed by atoms with E-state index in [1.54, 1.807) is 0 Å². The predicted octanol–water partition coefficient (Wildman–Crippen LogP) is 2.50. The third-order valence-electron chi connectivity index (χ3n) is 4.18. The number of aryl methyl sites for hydroxylation is 3. The summed E-state index contributed by atoms with van der Waals surface area (Å²) in [5.74, 6) is 0. The molecule has 0 radical (unpaired) electrons. The van der Waals surface area contributed by atoms with Gasteiger partial charge in [-0.1, -0.05) is 6.07 Å². The van der Waals surface area contributed by atoms with Crippen LogP contribution in [0, 0.1) is 20.8 Å². The van der Waals surface area contributed by atoms with E-state index in [1.165, 1.54) is 33.3 Å². The van der Waals surface area contributed by atoms with E-state index in [2.05, 4.69) is 48.1 Å². The second-order valence-electron chi connectivity index (χ2n) is 5.76. The van der Waals surface area contributed by atoms with Gasteiger partial charge in [0.1, 0.15) is 0 Å². The van der Waals surface area contributed by atoms with Crippen LogP contribution in [0.1, 0.15) is 22.4 Å². The van der Waals surface area contributed by atoms with E-state index in [-0.39, 0.29) is 0 Å². The van der Waals surface area contributed by atoms with Gasteiger partial charge in [-0.15, -0.1) is 0 Å². The average Bonchev–Trinajstić information content (AvgIpc) is 2.67. The van der Waals surface area contributed by atoms with Gasteiger partial charge in [0.25, 0.3) is 0 Å². The quantitative estimate of drug-likeness (QED) is 0.866. The SMILES string of the molecule is Cc1cc(C)c2c(C)c(CN3CCNCC3)[nH]c2c1. The zero-order chi connectivity index (χ0) is 13.4. The molecule has 1 fully saturated rings. The number of hydrogen-bond acceptors (Lipinski definition) is 2.